The molecule has 1 aliphatic heterocycles. The third kappa shape index (κ3) is 2.95. The van der Waals surface area contributed by atoms with E-state index in [1.165, 1.54) is 19.2 Å². The van der Waals surface area contributed by atoms with Gasteiger partial charge in [-0.2, -0.15) is 0 Å². The van der Waals surface area contributed by atoms with Gasteiger partial charge in [-0.05, 0) is 29.8 Å². The smallest absolute Gasteiger partial charge is 0.399 e. The number of furan rings is 1. The highest BCUT2D eigenvalue weighted by Crippen LogP contribution is 2.37. The number of hydrogen-bond acceptors (Lipinski definition) is 6. The summed E-state index contributed by atoms with van der Waals surface area (Å²) in [5, 5.41) is 1.14. The molecule has 2 amide bonds. The van der Waals surface area contributed by atoms with Gasteiger partial charge in [0.25, 0.3) is 11.8 Å². The molecule has 0 spiro atoms. The minimum Gasteiger partial charge on any atom is -0.497 e. The van der Waals surface area contributed by atoms with E-state index in [-0.39, 0.29) is 16.9 Å². The molecule has 31 heavy (non-hydrogen) atoms. The molecule has 3 aromatic carbocycles. The number of carbonyl (C=O) groups excluding carboxylic acids is 3. The molecule has 0 unspecified atom stereocenters. The lowest BCUT2D eigenvalue weighted by Gasteiger charge is -2.12. The van der Waals surface area contributed by atoms with E-state index in [9.17, 15) is 14.4 Å². The van der Waals surface area contributed by atoms with Gasteiger partial charge in [-0.1, -0.05) is 47.5 Å². The van der Waals surface area contributed by atoms with Crippen molar-refractivity contribution in [3.63, 3.8) is 0 Å². The quantitative estimate of drug-likeness (QED) is 0.459. The van der Waals surface area contributed by atoms with Crippen LogP contribution in [0.15, 0.2) is 77.2 Å². The number of methoxy groups -OCH3 is 1. The molecule has 4 aromatic rings. The number of benzene rings is 3. The van der Waals surface area contributed by atoms with Gasteiger partial charge in [0.05, 0.1) is 18.2 Å². The molecular formula is C24H15NO6. The van der Waals surface area contributed by atoms with Gasteiger partial charge in [0.1, 0.15) is 11.3 Å². The van der Waals surface area contributed by atoms with Gasteiger partial charge in [0.15, 0.2) is 0 Å². The zero-order chi connectivity index (χ0) is 21.5. The predicted molar refractivity (Wildman–Crippen MR) is 111 cm³/mol. The first kappa shape index (κ1) is 18.6. The number of rotatable bonds is 4. The van der Waals surface area contributed by atoms with Crippen LogP contribution in [0.4, 0.5) is 0 Å². The van der Waals surface area contributed by atoms with Gasteiger partial charge in [-0.25, -0.2) is 4.79 Å². The van der Waals surface area contributed by atoms with Gasteiger partial charge in [-0.3, -0.25) is 9.59 Å². The molecular weight excluding hydrogens is 398 g/mol. The number of hydroxylamine groups is 2. The molecule has 0 aliphatic carbocycles. The SMILES string of the molecule is COc1ccc2c(-c3ccccc3)c(C(=O)ON3C(=O)c4ccccc4C3=O)oc2c1. The maximum atomic E-state index is 13.1. The molecule has 0 radical (unpaired) electrons. The van der Waals surface area contributed by atoms with Crippen LogP contribution in [0, 0.1) is 0 Å². The maximum Gasteiger partial charge on any atom is 0.399 e. The fourth-order valence-electron chi connectivity index (χ4n) is 3.61. The monoisotopic (exact) mass is 413 g/mol. The van der Waals surface area contributed by atoms with Crippen LogP contribution in [-0.4, -0.2) is 30.0 Å². The lowest BCUT2D eigenvalue weighted by molar-refractivity contribution is -0.0601. The first-order chi connectivity index (χ1) is 15.1. The highest BCUT2D eigenvalue weighted by molar-refractivity contribution is 6.21. The van der Waals surface area contributed by atoms with Crippen molar-refractivity contribution in [3.05, 3.63) is 89.7 Å². The maximum absolute atomic E-state index is 13.1. The van der Waals surface area contributed by atoms with Crippen LogP contribution in [0.1, 0.15) is 31.3 Å². The van der Waals surface area contributed by atoms with Crippen LogP contribution in [0.3, 0.4) is 0 Å². The van der Waals surface area contributed by atoms with Crippen molar-refractivity contribution in [3.8, 4) is 16.9 Å². The van der Waals surface area contributed by atoms with Crippen molar-refractivity contribution in [2.75, 3.05) is 7.11 Å². The number of carbonyl (C=O) groups is 3. The molecule has 0 N–H and O–H groups in total. The molecule has 2 heterocycles. The molecule has 152 valence electrons. The van der Waals surface area contributed by atoms with E-state index in [1.807, 2.05) is 30.3 Å². The number of imide groups is 1. The minimum atomic E-state index is -0.955. The Bertz CT molecular complexity index is 1320. The van der Waals surface area contributed by atoms with Gasteiger partial charge >= 0.3 is 5.97 Å². The molecule has 0 bridgehead atoms. The summed E-state index contributed by atoms with van der Waals surface area (Å²) in [4.78, 5) is 43.4. The van der Waals surface area contributed by atoms with Gasteiger partial charge in [-0.15, -0.1) is 0 Å². The Morgan fingerprint density at radius 3 is 2.16 bits per heavy atom. The summed E-state index contributed by atoms with van der Waals surface area (Å²) in [6.45, 7) is 0. The average Bonchev–Trinajstić information content (AvgIpc) is 3.31. The Morgan fingerprint density at radius 2 is 1.52 bits per heavy atom. The van der Waals surface area contributed by atoms with Gasteiger partial charge < -0.3 is 14.0 Å². The van der Waals surface area contributed by atoms with Crippen molar-refractivity contribution >= 4 is 28.8 Å². The highest BCUT2D eigenvalue weighted by atomic mass is 16.7. The zero-order valence-corrected chi connectivity index (χ0v) is 16.3. The van der Waals surface area contributed by atoms with E-state index in [4.69, 9.17) is 14.0 Å². The highest BCUT2D eigenvalue weighted by Gasteiger charge is 2.40. The van der Waals surface area contributed by atoms with E-state index in [0.29, 0.717) is 27.3 Å². The first-order valence-corrected chi connectivity index (χ1v) is 9.44. The van der Waals surface area contributed by atoms with Crippen molar-refractivity contribution in [1.82, 2.24) is 5.06 Å². The molecule has 5 rings (SSSR count). The van der Waals surface area contributed by atoms with Crippen LogP contribution in [0.5, 0.6) is 5.75 Å². The third-order valence-corrected chi connectivity index (χ3v) is 5.08. The number of ether oxygens (including phenoxy) is 1. The fourth-order valence-corrected chi connectivity index (χ4v) is 3.61. The van der Waals surface area contributed by atoms with Crippen molar-refractivity contribution in [1.29, 1.82) is 0 Å². The lowest BCUT2D eigenvalue weighted by atomic mass is 10.0. The second-order valence-corrected chi connectivity index (χ2v) is 6.86. The normalized spacial score (nSPS) is 12.9. The van der Waals surface area contributed by atoms with E-state index in [1.54, 1.807) is 30.3 Å². The topological polar surface area (TPSA) is 86.0 Å². The molecule has 1 aliphatic rings. The van der Waals surface area contributed by atoms with Crippen LogP contribution < -0.4 is 4.74 Å². The Hall–Kier alpha value is -4.39. The fraction of sp³-hybridized carbons (Fsp3) is 0.0417. The number of nitrogens with zero attached hydrogens (tertiary/aromatic N) is 1. The summed E-state index contributed by atoms with van der Waals surface area (Å²) >= 11 is 0. The van der Waals surface area contributed by atoms with Gasteiger partial charge in [0, 0.05) is 17.0 Å². The number of amides is 2. The summed E-state index contributed by atoms with van der Waals surface area (Å²) in [5.74, 6) is -1.92. The van der Waals surface area contributed by atoms with E-state index in [2.05, 4.69) is 0 Å². The molecule has 1 aromatic heterocycles. The van der Waals surface area contributed by atoms with E-state index < -0.39 is 17.8 Å². The standard InChI is InChI=1S/C24H15NO6/c1-29-15-11-12-18-19(13-15)30-21(20(18)14-7-3-2-4-8-14)24(28)31-25-22(26)16-9-5-6-10-17(16)23(25)27/h2-13H,1H3. The summed E-state index contributed by atoms with van der Waals surface area (Å²) in [7, 11) is 1.53. The van der Waals surface area contributed by atoms with Gasteiger partial charge in [0.2, 0.25) is 5.76 Å². The molecule has 7 heteroatoms. The van der Waals surface area contributed by atoms with Crippen LogP contribution in [0.25, 0.3) is 22.1 Å². The summed E-state index contributed by atoms with van der Waals surface area (Å²) in [6.07, 6.45) is 0. The Morgan fingerprint density at radius 1 is 0.871 bits per heavy atom. The largest absolute Gasteiger partial charge is 0.497 e. The molecule has 0 fully saturated rings. The molecule has 0 saturated heterocycles. The Kier molecular flexibility index (Phi) is 4.29. The van der Waals surface area contributed by atoms with Crippen molar-refractivity contribution < 1.29 is 28.4 Å². The third-order valence-electron chi connectivity index (χ3n) is 5.08. The zero-order valence-electron chi connectivity index (χ0n) is 16.3. The number of fused-ring (bicyclic) bond motifs is 2. The Labute approximate surface area is 176 Å². The van der Waals surface area contributed by atoms with E-state index in [0.717, 1.165) is 5.56 Å². The molecule has 0 atom stereocenters. The predicted octanol–water partition coefficient (Wildman–Crippen LogP) is 4.48. The second kappa shape index (κ2) is 7.14. The minimum absolute atomic E-state index is 0.119. The van der Waals surface area contributed by atoms with E-state index >= 15 is 0 Å². The lowest BCUT2D eigenvalue weighted by Crippen LogP contribution is -2.32. The Balaban J connectivity index is 1.58. The summed E-state index contributed by atoms with van der Waals surface area (Å²) in [5.41, 5.74) is 1.99. The first-order valence-electron chi connectivity index (χ1n) is 9.44. The van der Waals surface area contributed by atoms with Crippen LogP contribution in [0.2, 0.25) is 0 Å². The van der Waals surface area contributed by atoms with Crippen molar-refractivity contribution in [2.24, 2.45) is 0 Å². The second-order valence-electron chi connectivity index (χ2n) is 6.86. The van der Waals surface area contributed by atoms with Crippen LogP contribution >= 0.6 is 0 Å². The average molecular weight is 413 g/mol. The molecule has 7 nitrogen and oxygen atoms in total. The van der Waals surface area contributed by atoms with Crippen LogP contribution in [-0.2, 0) is 4.84 Å². The number of hydrogen-bond donors (Lipinski definition) is 0. The van der Waals surface area contributed by atoms with Crippen molar-refractivity contribution in [2.45, 2.75) is 0 Å². The molecule has 0 saturated carbocycles. The summed E-state index contributed by atoms with van der Waals surface area (Å²) in [6, 6.07) is 20.6. The summed E-state index contributed by atoms with van der Waals surface area (Å²) < 4.78 is 11.0.